The van der Waals surface area contributed by atoms with E-state index in [9.17, 15) is 4.39 Å². The van der Waals surface area contributed by atoms with E-state index in [0.717, 1.165) is 50.3 Å². The average Bonchev–Trinajstić information content (AvgIpc) is 3.01. The average molecular weight is 460 g/mol. The lowest BCUT2D eigenvalue weighted by Gasteiger charge is -2.39. The molecule has 1 heterocycles. The van der Waals surface area contributed by atoms with Crippen LogP contribution in [0.1, 0.15) is 47.1 Å². The van der Waals surface area contributed by atoms with Crippen LogP contribution in [0.25, 0.3) is 11.1 Å². The summed E-state index contributed by atoms with van der Waals surface area (Å²) in [7, 11) is 0. The van der Waals surface area contributed by atoms with Gasteiger partial charge in [0.1, 0.15) is 0 Å². The second kappa shape index (κ2) is 10.2. The number of benzene rings is 3. The van der Waals surface area contributed by atoms with Gasteiger partial charge in [-0.05, 0) is 89.1 Å². The van der Waals surface area contributed by atoms with Crippen LogP contribution < -0.4 is 0 Å². The van der Waals surface area contributed by atoms with Crippen LogP contribution in [0.2, 0.25) is 5.02 Å². The molecular weight excluding hydrogens is 429 g/mol. The van der Waals surface area contributed by atoms with Crippen LogP contribution >= 0.6 is 11.6 Å². The quantitative estimate of drug-likeness (QED) is 0.354. The van der Waals surface area contributed by atoms with Crippen LogP contribution in [0, 0.1) is 5.92 Å². The highest BCUT2D eigenvalue weighted by Gasteiger charge is 2.26. The van der Waals surface area contributed by atoms with Crippen molar-refractivity contribution in [2.45, 2.75) is 32.1 Å². The van der Waals surface area contributed by atoms with Gasteiger partial charge in [-0.15, -0.1) is 0 Å². The second-order valence-corrected chi connectivity index (χ2v) is 9.88. The molecule has 1 saturated heterocycles. The molecule has 0 unspecified atom stereocenters. The summed E-state index contributed by atoms with van der Waals surface area (Å²) in [5.74, 6) is 0.693. The van der Waals surface area contributed by atoms with Crippen molar-refractivity contribution in [2.75, 3.05) is 26.3 Å². The smallest absolute Gasteiger partial charge is 0.0906 e. The normalized spacial score (nSPS) is 16.9. The van der Waals surface area contributed by atoms with Gasteiger partial charge >= 0.3 is 0 Å². The molecule has 3 aromatic carbocycles. The molecule has 0 radical (unpaired) electrons. The number of nitrogens with zero attached hydrogens (tertiary/aromatic N) is 1. The number of alkyl halides is 1. The number of halogens is 2. The number of aryl methyl sites for hydroxylation is 1. The van der Waals surface area contributed by atoms with Gasteiger partial charge in [0.25, 0.3) is 0 Å². The van der Waals surface area contributed by atoms with Crippen LogP contribution in [0.4, 0.5) is 4.39 Å². The van der Waals surface area contributed by atoms with Gasteiger partial charge in [0, 0.05) is 24.7 Å². The number of hydrogen-bond donors (Lipinski definition) is 0. The van der Waals surface area contributed by atoms with Crippen LogP contribution in [-0.4, -0.2) is 31.2 Å². The monoisotopic (exact) mass is 459 g/mol. The predicted octanol–water partition coefficient (Wildman–Crippen LogP) is 7.47. The van der Waals surface area contributed by atoms with E-state index in [1.54, 1.807) is 0 Å². The zero-order valence-corrected chi connectivity index (χ0v) is 19.8. The molecular formula is C30H31ClFN. The first-order valence-electron chi connectivity index (χ1n) is 12.2. The highest BCUT2D eigenvalue weighted by Crippen LogP contribution is 2.40. The molecule has 0 amide bonds. The van der Waals surface area contributed by atoms with Crippen molar-refractivity contribution in [3.63, 3.8) is 0 Å². The van der Waals surface area contributed by atoms with Gasteiger partial charge in [0.05, 0.1) is 6.67 Å². The molecule has 3 heteroatoms. The van der Waals surface area contributed by atoms with Crippen LogP contribution in [0.15, 0.2) is 72.8 Å². The van der Waals surface area contributed by atoms with Gasteiger partial charge in [-0.1, -0.05) is 72.3 Å². The number of hydrogen-bond acceptors (Lipinski definition) is 1. The van der Waals surface area contributed by atoms with Crippen LogP contribution in [0.5, 0.6) is 0 Å². The topological polar surface area (TPSA) is 3.24 Å². The van der Waals surface area contributed by atoms with Gasteiger partial charge in [0.2, 0.25) is 0 Å². The lowest BCUT2D eigenvalue weighted by atomic mass is 9.86. The first-order valence-corrected chi connectivity index (χ1v) is 12.5. The molecule has 0 aromatic heterocycles. The summed E-state index contributed by atoms with van der Waals surface area (Å²) < 4.78 is 12.4. The van der Waals surface area contributed by atoms with E-state index >= 15 is 0 Å². The van der Waals surface area contributed by atoms with E-state index in [0.29, 0.717) is 12.3 Å². The van der Waals surface area contributed by atoms with E-state index in [-0.39, 0.29) is 6.67 Å². The third kappa shape index (κ3) is 5.08. The molecule has 5 rings (SSSR count). The molecule has 2 aliphatic rings. The van der Waals surface area contributed by atoms with Crippen LogP contribution in [-0.2, 0) is 12.8 Å². The fraction of sp³-hybridized carbons (Fsp3) is 0.333. The first kappa shape index (κ1) is 22.4. The molecule has 0 N–H and O–H groups in total. The molecule has 1 fully saturated rings. The van der Waals surface area contributed by atoms with E-state index in [4.69, 9.17) is 11.6 Å². The van der Waals surface area contributed by atoms with Gasteiger partial charge in [-0.2, -0.15) is 0 Å². The standard InChI is InChI=1S/C30H31ClFN/c31-27-15-13-25(14-16-27)29-8-3-6-24-5-1-2-7-28(24)30(29)26-11-9-22(10-12-26)19-23-20-33(21-23)18-4-17-32/h1-2,5,7,9-16,23H,3-4,6,8,17-21H2. The van der Waals surface area contributed by atoms with Crippen molar-refractivity contribution in [1.29, 1.82) is 0 Å². The number of rotatable bonds is 7. The molecule has 33 heavy (non-hydrogen) atoms. The largest absolute Gasteiger partial charge is 0.303 e. The molecule has 170 valence electrons. The summed E-state index contributed by atoms with van der Waals surface area (Å²) in [4.78, 5) is 2.37. The van der Waals surface area contributed by atoms with Gasteiger partial charge in [0.15, 0.2) is 0 Å². The third-order valence-corrected chi connectivity index (χ3v) is 7.31. The summed E-state index contributed by atoms with van der Waals surface area (Å²) in [5.41, 5.74) is 9.50. The van der Waals surface area contributed by atoms with Crippen molar-refractivity contribution < 1.29 is 4.39 Å². The van der Waals surface area contributed by atoms with E-state index in [1.807, 2.05) is 12.1 Å². The SMILES string of the molecule is FCCCN1CC(Cc2ccc(C3=C(c4ccc(Cl)cc4)CCCc4ccccc43)cc2)C1. The maximum atomic E-state index is 12.4. The molecule has 1 aliphatic heterocycles. The molecule has 1 aliphatic carbocycles. The summed E-state index contributed by atoms with van der Waals surface area (Å²) in [6, 6.07) is 26.4. The minimum Gasteiger partial charge on any atom is -0.303 e. The van der Waals surface area contributed by atoms with Gasteiger partial charge in [-0.3, -0.25) is 4.39 Å². The Labute approximate surface area is 201 Å². The van der Waals surface area contributed by atoms with Crippen LogP contribution in [0.3, 0.4) is 0 Å². The van der Waals surface area contributed by atoms with Crippen molar-refractivity contribution in [3.8, 4) is 0 Å². The van der Waals surface area contributed by atoms with E-state index in [1.165, 1.54) is 39.0 Å². The summed E-state index contributed by atoms with van der Waals surface area (Å²) >= 11 is 6.19. The van der Waals surface area contributed by atoms with E-state index < -0.39 is 0 Å². The molecule has 0 bridgehead atoms. The summed E-state index contributed by atoms with van der Waals surface area (Å²) in [6.45, 7) is 2.88. The Morgan fingerprint density at radius 2 is 1.58 bits per heavy atom. The second-order valence-electron chi connectivity index (χ2n) is 9.44. The lowest BCUT2D eigenvalue weighted by Crippen LogP contribution is -2.47. The Morgan fingerprint density at radius 1 is 0.848 bits per heavy atom. The zero-order chi connectivity index (χ0) is 22.6. The zero-order valence-electron chi connectivity index (χ0n) is 19.1. The summed E-state index contributed by atoms with van der Waals surface area (Å²) in [6.07, 6.45) is 5.08. The Hall–Kier alpha value is -2.42. The Kier molecular flexibility index (Phi) is 6.94. The van der Waals surface area contributed by atoms with Gasteiger partial charge in [-0.25, -0.2) is 0 Å². The van der Waals surface area contributed by atoms with Gasteiger partial charge < -0.3 is 4.90 Å². The van der Waals surface area contributed by atoms with Crippen molar-refractivity contribution in [1.82, 2.24) is 4.90 Å². The fourth-order valence-corrected chi connectivity index (χ4v) is 5.53. The number of fused-ring (bicyclic) bond motifs is 1. The minimum atomic E-state index is -0.209. The van der Waals surface area contributed by atoms with E-state index in [2.05, 4.69) is 65.6 Å². The minimum absolute atomic E-state index is 0.209. The molecule has 0 atom stereocenters. The lowest BCUT2D eigenvalue weighted by molar-refractivity contribution is 0.0968. The number of allylic oxidation sites excluding steroid dienone is 1. The Balaban J connectivity index is 1.44. The summed E-state index contributed by atoms with van der Waals surface area (Å²) in [5, 5.41) is 0.776. The maximum absolute atomic E-state index is 12.4. The highest BCUT2D eigenvalue weighted by molar-refractivity contribution is 6.30. The Morgan fingerprint density at radius 3 is 2.33 bits per heavy atom. The molecule has 3 aromatic rings. The molecule has 1 nitrogen and oxygen atoms in total. The highest BCUT2D eigenvalue weighted by atomic mass is 35.5. The van der Waals surface area contributed by atoms with Crippen molar-refractivity contribution in [2.24, 2.45) is 5.92 Å². The molecule has 0 saturated carbocycles. The molecule has 0 spiro atoms. The predicted molar refractivity (Wildman–Crippen MR) is 137 cm³/mol. The first-order chi connectivity index (χ1) is 16.2. The van der Waals surface area contributed by atoms with Crippen molar-refractivity contribution >= 4 is 22.7 Å². The number of likely N-dealkylation sites (tertiary alicyclic amines) is 1. The third-order valence-electron chi connectivity index (χ3n) is 7.06. The fourth-order valence-electron chi connectivity index (χ4n) is 5.41. The maximum Gasteiger partial charge on any atom is 0.0906 e. The Bertz CT molecular complexity index is 1110. The van der Waals surface area contributed by atoms with Crippen molar-refractivity contribution in [3.05, 3.63) is 106 Å².